The van der Waals surface area contributed by atoms with Gasteiger partial charge in [-0.25, -0.2) is 8.42 Å². The highest BCUT2D eigenvalue weighted by molar-refractivity contribution is 7.90. The Hall–Kier alpha value is -1.27. The Bertz CT molecular complexity index is 566. The lowest BCUT2D eigenvalue weighted by atomic mass is 9.99. The van der Waals surface area contributed by atoms with Gasteiger partial charge in [0.2, 0.25) is 0 Å². The van der Waals surface area contributed by atoms with Gasteiger partial charge in [-0.3, -0.25) is 0 Å². The standard InChI is InChI=1S/C14H22N2O3S/c1-16(10-11-6-8-19-9-7-11)12-4-3-5-13(14(12)15)20(2,17)18/h3-5,11H,6-10,15H2,1-2H3. The fourth-order valence-electron chi connectivity index (χ4n) is 2.60. The van der Waals surface area contributed by atoms with Crippen molar-refractivity contribution in [3.05, 3.63) is 18.2 Å². The van der Waals surface area contributed by atoms with Gasteiger partial charge in [-0.2, -0.15) is 0 Å². The summed E-state index contributed by atoms with van der Waals surface area (Å²) in [6.07, 6.45) is 3.26. The molecule has 1 aromatic rings. The van der Waals surface area contributed by atoms with Crippen molar-refractivity contribution in [1.82, 2.24) is 0 Å². The van der Waals surface area contributed by atoms with Crippen LogP contribution in [0.1, 0.15) is 12.8 Å². The van der Waals surface area contributed by atoms with Gasteiger partial charge in [-0.05, 0) is 30.9 Å². The first-order valence-electron chi connectivity index (χ1n) is 6.77. The molecular weight excluding hydrogens is 276 g/mol. The van der Waals surface area contributed by atoms with E-state index in [0.29, 0.717) is 11.6 Å². The number of ether oxygens (including phenoxy) is 1. The van der Waals surface area contributed by atoms with E-state index < -0.39 is 9.84 Å². The van der Waals surface area contributed by atoms with Crippen molar-refractivity contribution in [2.45, 2.75) is 17.7 Å². The van der Waals surface area contributed by atoms with Gasteiger partial charge in [0, 0.05) is 33.1 Å². The van der Waals surface area contributed by atoms with E-state index in [1.54, 1.807) is 12.1 Å². The average molecular weight is 298 g/mol. The molecule has 1 fully saturated rings. The fourth-order valence-corrected chi connectivity index (χ4v) is 3.43. The van der Waals surface area contributed by atoms with Gasteiger partial charge in [0.1, 0.15) is 0 Å². The average Bonchev–Trinajstić information content (AvgIpc) is 2.38. The predicted octanol–water partition coefficient (Wildman–Crippen LogP) is 1.54. The third kappa shape index (κ3) is 3.43. The Labute approximate surface area is 120 Å². The molecule has 0 aliphatic carbocycles. The summed E-state index contributed by atoms with van der Waals surface area (Å²) in [4.78, 5) is 2.24. The molecule has 0 saturated carbocycles. The number of para-hydroxylation sites is 1. The van der Waals surface area contributed by atoms with Crippen molar-refractivity contribution >= 4 is 21.2 Å². The second kappa shape index (κ2) is 6.01. The molecule has 2 rings (SSSR count). The zero-order chi connectivity index (χ0) is 14.8. The molecule has 0 amide bonds. The van der Waals surface area contributed by atoms with Crippen molar-refractivity contribution in [3.8, 4) is 0 Å². The van der Waals surface area contributed by atoms with Crippen LogP contribution in [-0.2, 0) is 14.6 Å². The van der Waals surface area contributed by atoms with E-state index >= 15 is 0 Å². The van der Waals surface area contributed by atoms with Crippen LogP contribution >= 0.6 is 0 Å². The van der Waals surface area contributed by atoms with Gasteiger partial charge in [-0.1, -0.05) is 6.07 Å². The largest absolute Gasteiger partial charge is 0.396 e. The maximum Gasteiger partial charge on any atom is 0.177 e. The summed E-state index contributed by atoms with van der Waals surface area (Å²) in [5.41, 5.74) is 7.14. The smallest absolute Gasteiger partial charge is 0.177 e. The first-order chi connectivity index (χ1) is 9.39. The lowest BCUT2D eigenvalue weighted by Crippen LogP contribution is -2.30. The number of hydrogen-bond acceptors (Lipinski definition) is 5. The topological polar surface area (TPSA) is 72.6 Å². The first kappa shape index (κ1) is 15.1. The van der Waals surface area contributed by atoms with Crippen LogP contribution in [0.4, 0.5) is 11.4 Å². The van der Waals surface area contributed by atoms with Crippen molar-refractivity contribution in [2.75, 3.05) is 43.7 Å². The number of nitrogens with two attached hydrogens (primary N) is 1. The monoisotopic (exact) mass is 298 g/mol. The van der Waals surface area contributed by atoms with Crippen LogP contribution in [0.2, 0.25) is 0 Å². The van der Waals surface area contributed by atoms with Crippen molar-refractivity contribution < 1.29 is 13.2 Å². The molecule has 20 heavy (non-hydrogen) atoms. The number of sulfone groups is 1. The Balaban J connectivity index is 2.19. The SMILES string of the molecule is CN(CC1CCOCC1)c1cccc(S(C)(=O)=O)c1N. The van der Waals surface area contributed by atoms with Crippen LogP contribution in [0.15, 0.2) is 23.1 Å². The van der Waals surface area contributed by atoms with E-state index in [1.165, 1.54) is 6.26 Å². The van der Waals surface area contributed by atoms with Crippen LogP contribution in [0.3, 0.4) is 0 Å². The molecule has 1 saturated heterocycles. The van der Waals surface area contributed by atoms with Gasteiger partial charge in [0.05, 0.1) is 16.3 Å². The highest BCUT2D eigenvalue weighted by Crippen LogP contribution is 2.30. The van der Waals surface area contributed by atoms with Crippen LogP contribution in [0, 0.1) is 5.92 Å². The van der Waals surface area contributed by atoms with Gasteiger partial charge in [-0.15, -0.1) is 0 Å². The molecule has 2 N–H and O–H groups in total. The van der Waals surface area contributed by atoms with Gasteiger partial charge >= 0.3 is 0 Å². The molecule has 1 heterocycles. The summed E-state index contributed by atoms with van der Waals surface area (Å²) < 4.78 is 28.8. The second-order valence-corrected chi connectivity index (χ2v) is 7.38. The molecule has 6 heteroatoms. The van der Waals surface area contributed by atoms with Crippen molar-refractivity contribution in [2.24, 2.45) is 5.92 Å². The zero-order valence-corrected chi connectivity index (χ0v) is 12.8. The molecule has 0 atom stereocenters. The minimum absolute atomic E-state index is 0.203. The fraction of sp³-hybridized carbons (Fsp3) is 0.571. The Morgan fingerprint density at radius 1 is 1.35 bits per heavy atom. The van der Waals surface area contributed by atoms with Crippen LogP contribution in [-0.4, -0.2) is 41.5 Å². The normalized spacial score (nSPS) is 17.1. The predicted molar refractivity (Wildman–Crippen MR) is 80.8 cm³/mol. The minimum Gasteiger partial charge on any atom is -0.396 e. The minimum atomic E-state index is -3.29. The summed E-state index contributed by atoms with van der Waals surface area (Å²) in [5.74, 6) is 0.565. The number of anilines is 2. The van der Waals surface area contributed by atoms with Crippen LogP contribution < -0.4 is 10.6 Å². The zero-order valence-electron chi connectivity index (χ0n) is 12.0. The molecule has 0 bridgehead atoms. The van der Waals surface area contributed by atoms with Crippen molar-refractivity contribution in [3.63, 3.8) is 0 Å². The summed E-state index contributed by atoms with van der Waals surface area (Å²) in [7, 11) is -1.34. The lowest BCUT2D eigenvalue weighted by molar-refractivity contribution is 0.0685. The molecule has 1 aromatic carbocycles. The van der Waals surface area contributed by atoms with E-state index in [4.69, 9.17) is 10.5 Å². The molecule has 0 spiro atoms. The summed E-state index contributed by atoms with van der Waals surface area (Å²) >= 11 is 0. The van der Waals surface area contributed by atoms with Gasteiger partial charge in [0.25, 0.3) is 0 Å². The van der Waals surface area contributed by atoms with Crippen LogP contribution in [0.5, 0.6) is 0 Å². The molecule has 1 aliphatic heterocycles. The molecule has 5 nitrogen and oxygen atoms in total. The van der Waals surface area contributed by atoms with Gasteiger partial charge < -0.3 is 15.4 Å². The number of benzene rings is 1. The highest BCUT2D eigenvalue weighted by Gasteiger charge is 2.19. The third-order valence-corrected chi connectivity index (χ3v) is 4.88. The maximum absolute atomic E-state index is 11.7. The number of rotatable bonds is 4. The second-order valence-electron chi connectivity index (χ2n) is 5.40. The van der Waals surface area contributed by atoms with Gasteiger partial charge in [0.15, 0.2) is 9.84 Å². The Morgan fingerprint density at radius 2 is 2.00 bits per heavy atom. The molecule has 0 unspecified atom stereocenters. The van der Waals surface area contributed by atoms with E-state index in [-0.39, 0.29) is 4.90 Å². The summed E-state index contributed by atoms with van der Waals surface area (Å²) in [6, 6.07) is 5.16. The number of nitrogen functional groups attached to an aromatic ring is 1. The Kier molecular flexibility index (Phi) is 4.55. The maximum atomic E-state index is 11.7. The molecule has 0 radical (unpaired) electrons. The summed E-state index contributed by atoms with van der Waals surface area (Å²) in [5, 5.41) is 0. The van der Waals surface area contributed by atoms with E-state index in [1.807, 2.05) is 18.0 Å². The van der Waals surface area contributed by atoms with Crippen molar-refractivity contribution in [1.29, 1.82) is 0 Å². The quantitative estimate of drug-likeness (QED) is 0.854. The summed E-state index contributed by atoms with van der Waals surface area (Å²) in [6.45, 7) is 2.47. The molecule has 0 aromatic heterocycles. The highest BCUT2D eigenvalue weighted by atomic mass is 32.2. The third-order valence-electron chi connectivity index (χ3n) is 3.73. The van der Waals surface area contributed by atoms with E-state index in [9.17, 15) is 8.42 Å². The lowest BCUT2D eigenvalue weighted by Gasteiger charge is -2.29. The van der Waals surface area contributed by atoms with E-state index in [0.717, 1.165) is 38.3 Å². The number of nitrogens with zero attached hydrogens (tertiary/aromatic N) is 1. The molecule has 112 valence electrons. The Morgan fingerprint density at radius 3 is 2.60 bits per heavy atom. The van der Waals surface area contributed by atoms with Crippen LogP contribution in [0.25, 0.3) is 0 Å². The molecular formula is C14H22N2O3S. The number of hydrogen-bond donors (Lipinski definition) is 1. The molecule has 1 aliphatic rings. The first-order valence-corrected chi connectivity index (χ1v) is 8.66. The van der Waals surface area contributed by atoms with E-state index in [2.05, 4.69) is 0 Å².